The molecule has 0 spiro atoms. The molecule has 0 fully saturated rings. The number of halogens is 4. The minimum Gasteiger partial charge on any atom is -0.204 e. The van der Waals surface area contributed by atoms with Gasteiger partial charge in [0, 0.05) is 57.9 Å². The monoisotopic (exact) mass is 422 g/mol. The molecule has 0 saturated carbocycles. The van der Waals surface area contributed by atoms with Crippen molar-refractivity contribution in [3.05, 3.63) is 36.4 Å². The van der Waals surface area contributed by atoms with Crippen LogP contribution in [0.1, 0.15) is 0 Å². The summed E-state index contributed by atoms with van der Waals surface area (Å²) in [5.41, 5.74) is 0. The fourth-order valence-electron chi connectivity index (χ4n) is 1.85. The third-order valence-corrected chi connectivity index (χ3v) is 7.49. The molecule has 2 rings (SSSR count). The van der Waals surface area contributed by atoms with E-state index >= 15 is 0 Å². The van der Waals surface area contributed by atoms with Crippen LogP contribution in [-0.4, -0.2) is 23.5 Å². The first-order chi connectivity index (χ1) is 10.1. The van der Waals surface area contributed by atoms with E-state index in [9.17, 15) is 16.8 Å². The lowest BCUT2D eigenvalue weighted by Crippen LogP contribution is -2.15. The molecular formula is C10H6Cl4N2O4S2. The van der Waals surface area contributed by atoms with E-state index in [2.05, 4.69) is 0 Å². The molecule has 0 radical (unpaired) electrons. The maximum absolute atomic E-state index is 12.1. The molecule has 12 heteroatoms. The Hall–Kier alpha value is -0.320. The average molecular weight is 424 g/mol. The van der Waals surface area contributed by atoms with Crippen molar-refractivity contribution >= 4 is 77.9 Å². The van der Waals surface area contributed by atoms with Gasteiger partial charge in [0.2, 0.25) is 0 Å². The lowest BCUT2D eigenvalue weighted by molar-refractivity contribution is 0.578. The first kappa shape index (κ1) is 18.0. The highest BCUT2D eigenvalue weighted by molar-refractivity contribution is 7.91. The summed E-state index contributed by atoms with van der Waals surface area (Å²) in [5, 5.41) is 0.204. The van der Waals surface area contributed by atoms with E-state index in [1.165, 1.54) is 36.4 Å². The lowest BCUT2D eigenvalue weighted by Gasteiger charge is -2.13. The summed E-state index contributed by atoms with van der Waals surface area (Å²) in [4.78, 5) is -0.523. The Morgan fingerprint density at radius 1 is 0.636 bits per heavy atom. The molecule has 0 N–H and O–H groups in total. The van der Waals surface area contributed by atoms with Crippen molar-refractivity contribution in [2.45, 2.75) is 9.79 Å². The van der Waals surface area contributed by atoms with Gasteiger partial charge in [-0.05, 0) is 18.8 Å². The van der Waals surface area contributed by atoms with Crippen LogP contribution in [-0.2, 0) is 20.0 Å². The van der Waals surface area contributed by atoms with Gasteiger partial charge in [0.1, 0.15) is 0 Å². The van der Waals surface area contributed by atoms with E-state index in [4.69, 9.17) is 47.1 Å². The summed E-state index contributed by atoms with van der Waals surface area (Å²) in [7, 11) is -8.39. The number of hydrogen-bond acceptors (Lipinski definition) is 4. The number of rotatable bonds is 4. The highest BCUT2D eigenvalue weighted by Crippen LogP contribution is 2.33. The van der Waals surface area contributed by atoms with Gasteiger partial charge in [0.25, 0.3) is 20.0 Å². The van der Waals surface area contributed by atoms with E-state index in [0.717, 1.165) is 0 Å². The quantitative estimate of drug-likeness (QED) is 0.706. The van der Waals surface area contributed by atoms with Crippen LogP contribution < -0.4 is 0 Å². The molecule has 0 atom stereocenters. The van der Waals surface area contributed by atoms with Crippen molar-refractivity contribution in [2.24, 2.45) is 0 Å². The normalized spacial score (nSPS) is 13.2. The Labute approximate surface area is 147 Å². The van der Waals surface area contributed by atoms with Gasteiger partial charge in [0.05, 0.1) is 9.79 Å². The summed E-state index contributed by atoms with van der Waals surface area (Å²) < 4.78 is 48.4. The largest absolute Gasteiger partial charge is 0.271 e. The van der Waals surface area contributed by atoms with E-state index < -0.39 is 20.0 Å². The van der Waals surface area contributed by atoms with Gasteiger partial charge in [-0.25, -0.2) is 16.8 Å². The van der Waals surface area contributed by atoms with Crippen LogP contribution >= 0.6 is 47.1 Å². The second-order valence-electron chi connectivity index (χ2n) is 3.96. The van der Waals surface area contributed by atoms with Crippen LogP contribution in [0.2, 0.25) is 0 Å². The van der Waals surface area contributed by atoms with E-state index in [-0.39, 0.29) is 27.3 Å². The van der Waals surface area contributed by atoms with E-state index in [0.29, 0.717) is 0 Å². The Balaban J connectivity index is 2.90. The number of sulfonamides is 2. The van der Waals surface area contributed by atoms with Crippen LogP contribution in [0.3, 0.4) is 0 Å². The van der Waals surface area contributed by atoms with Crippen molar-refractivity contribution in [2.75, 3.05) is 0 Å². The Kier molecular flexibility index (Phi) is 5.15. The highest BCUT2D eigenvalue weighted by atomic mass is 35.6. The van der Waals surface area contributed by atoms with Crippen molar-refractivity contribution < 1.29 is 16.8 Å². The zero-order chi connectivity index (χ0) is 16.7. The predicted molar refractivity (Wildman–Crippen MR) is 85.4 cm³/mol. The molecule has 2 aromatic carbocycles. The minimum absolute atomic E-state index is 0.00164. The summed E-state index contributed by atoms with van der Waals surface area (Å²) in [5.74, 6) is 0. The lowest BCUT2D eigenvalue weighted by atomic mass is 10.1. The molecule has 2 aromatic rings. The number of nitrogens with zero attached hydrogens (tertiary/aromatic N) is 2. The van der Waals surface area contributed by atoms with Gasteiger partial charge in [-0.15, -0.1) is 0 Å². The smallest absolute Gasteiger partial charge is 0.204 e. The van der Waals surface area contributed by atoms with Crippen LogP contribution in [0.25, 0.3) is 10.8 Å². The molecule has 0 unspecified atom stereocenters. The molecule has 0 aliphatic heterocycles. The van der Waals surface area contributed by atoms with Crippen LogP contribution in [0.15, 0.2) is 46.2 Å². The molecule has 0 aliphatic rings. The molecule has 22 heavy (non-hydrogen) atoms. The van der Waals surface area contributed by atoms with Crippen LogP contribution in [0, 0.1) is 0 Å². The van der Waals surface area contributed by atoms with Crippen molar-refractivity contribution in [3.63, 3.8) is 0 Å². The summed E-state index contributed by atoms with van der Waals surface area (Å²) in [6, 6.07) is 7.99. The van der Waals surface area contributed by atoms with Gasteiger partial charge in [-0.2, -0.15) is 0 Å². The third-order valence-electron chi connectivity index (χ3n) is 2.76. The molecule has 120 valence electrons. The first-order valence-corrected chi connectivity index (χ1v) is 9.59. The maximum atomic E-state index is 12.1. The van der Waals surface area contributed by atoms with Gasteiger partial charge in [-0.1, -0.05) is 24.3 Å². The second kappa shape index (κ2) is 6.29. The Morgan fingerprint density at radius 2 is 0.955 bits per heavy atom. The Bertz CT molecular complexity index is 852. The van der Waals surface area contributed by atoms with Gasteiger partial charge >= 0.3 is 0 Å². The fraction of sp³-hybridized carbons (Fsp3) is 0. The Morgan fingerprint density at radius 3 is 1.23 bits per heavy atom. The average Bonchev–Trinajstić information content (AvgIpc) is 2.45. The topological polar surface area (TPSA) is 74.8 Å². The van der Waals surface area contributed by atoms with Gasteiger partial charge < -0.3 is 0 Å². The molecule has 0 saturated heterocycles. The minimum atomic E-state index is -4.20. The third kappa shape index (κ3) is 3.02. The zero-order valence-electron chi connectivity index (χ0n) is 10.3. The number of fused-ring (bicyclic) bond motifs is 1. The van der Waals surface area contributed by atoms with Gasteiger partial charge in [-0.3, -0.25) is 0 Å². The van der Waals surface area contributed by atoms with Crippen molar-refractivity contribution in [1.82, 2.24) is 6.69 Å². The molecule has 0 aliphatic carbocycles. The van der Waals surface area contributed by atoms with E-state index in [1.807, 2.05) is 0 Å². The van der Waals surface area contributed by atoms with E-state index in [1.54, 1.807) is 0 Å². The predicted octanol–water partition coefficient (Wildman–Crippen LogP) is 3.44. The summed E-state index contributed by atoms with van der Waals surface area (Å²) in [6.07, 6.45) is 0. The molecule has 0 bridgehead atoms. The molecule has 6 nitrogen and oxygen atoms in total. The highest BCUT2D eigenvalue weighted by Gasteiger charge is 2.28. The van der Waals surface area contributed by atoms with Crippen molar-refractivity contribution in [3.8, 4) is 0 Å². The molecule has 0 amide bonds. The second-order valence-corrected chi connectivity index (χ2v) is 9.97. The molecule has 0 aromatic heterocycles. The maximum Gasteiger partial charge on any atom is 0.271 e. The number of benzene rings is 2. The van der Waals surface area contributed by atoms with Crippen LogP contribution in [0.4, 0.5) is 0 Å². The molecular weight excluding hydrogens is 418 g/mol. The summed E-state index contributed by atoms with van der Waals surface area (Å²) in [6.45, 7) is 0. The molecule has 0 heterocycles. The van der Waals surface area contributed by atoms with Crippen LogP contribution in [0.5, 0.6) is 0 Å². The summed E-state index contributed by atoms with van der Waals surface area (Å²) >= 11 is 21.3. The zero-order valence-corrected chi connectivity index (χ0v) is 15.0. The first-order valence-electron chi connectivity index (χ1n) is 5.35. The fourth-order valence-corrected chi connectivity index (χ4v) is 4.45. The number of hydrogen-bond donors (Lipinski definition) is 0. The van der Waals surface area contributed by atoms with Crippen molar-refractivity contribution in [1.29, 1.82) is 0 Å². The standard InChI is InChI=1S/C10H6Cl4N2O4S2/c11-15(12)21(17,18)9-5-1-3-7-8(9)4-2-6-10(7)22(19,20)16(13)14/h1-6H. The SMILES string of the molecule is O=S(=O)(c1cccc2c(S(=O)(=O)N(Cl)Cl)cccc12)N(Cl)Cl. The van der Waals surface area contributed by atoms with Gasteiger partial charge in [0.15, 0.2) is 0 Å².